The van der Waals surface area contributed by atoms with E-state index in [1.807, 2.05) is 12.1 Å². The van der Waals surface area contributed by atoms with Gasteiger partial charge in [0, 0.05) is 6.07 Å². The Bertz CT molecular complexity index is 1060. The average molecular weight is 411 g/mol. The highest BCUT2D eigenvalue weighted by Crippen LogP contribution is 2.15. The summed E-state index contributed by atoms with van der Waals surface area (Å²) < 4.78 is 16.8. The van der Waals surface area contributed by atoms with Crippen molar-refractivity contribution in [3.05, 3.63) is 87.8 Å². The number of ether oxygens (including phenoxy) is 3. The van der Waals surface area contributed by atoms with E-state index in [0.717, 1.165) is 21.9 Å². The number of carboxylic acids is 1. The Balaban J connectivity index is 1.76. The third-order valence-corrected chi connectivity index (χ3v) is 4.28. The van der Waals surface area contributed by atoms with Crippen LogP contribution in [-0.2, 0) is 13.2 Å². The van der Waals surface area contributed by atoms with Crippen LogP contribution in [0.2, 0.25) is 0 Å². The number of benzene rings is 2. The molecule has 30 heavy (non-hydrogen) atoms. The minimum Gasteiger partial charge on any atom is -0.497 e. The molecule has 8 nitrogen and oxygen atoms in total. The van der Waals surface area contributed by atoms with E-state index >= 15 is 0 Å². The maximum absolute atomic E-state index is 12.3. The van der Waals surface area contributed by atoms with Gasteiger partial charge < -0.3 is 24.2 Å². The summed E-state index contributed by atoms with van der Waals surface area (Å²) in [5.74, 6) is 0.0930. The van der Waals surface area contributed by atoms with Crippen molar-refractivity contribution in [1.82, 2.24) is 4.73 Å². The number of nitrogens with zero attached hydrogens (tertiary/aromatic N) is 1. The molecule has 0 aliphatic carbocycles. The van der Waals surface area contributed by atoms with Gasteiger partial charge in [-0.1, -0.05) is 24.3 Å². The van der Waals surface area contributed by atoms with Gasteiger partial charge in [-0.15, -0.1) is 0 Å². The van der Waals surface area contributed by atoms with Gasteiger partial charge in [0.2, 0.25) is 5.43 Å². The molecule has 0 bridgehead atoms. The molecule has 0 amide bonds. The fourth-order valence-corrected chi connectivity index (χ4v) is 2.62. The van der Waals surface area contributed by atoms with E-state index in [1.54, 1.807) is 50.6 Å². The summed E-state index contributed by atoms with van der Waals surface area (Å²) in [6, 6.07) is 15.3. The number of pyridine rings is 1. The van der Waals surface area contributed by atoms with E-state index in [4.69, 9.17) is 19.0 Å². The van der Waals surface area contributed by atoms with Crippen molar-refractivity contribution in [1.29, 1.82) is 0 Å². The van der Waals surface area contributed by atoms with E-state index in [9.17, 15) is 14.7 Å². The molecule has 156 valence electrons. The van der Waals surface area contributed by atoms with Gasteiger partial charge >= 0.3 is 5.97 Å². The summed E-state index contributed by atoms with van der Waals surface area (Å²) in [6.07, 6.45) is 1.23. The molecular formula is C22H21NO7. The van der Waals surface area contributed by atoms with Crippen LogP contribution in [0.15, 0.2) is 65.6 Å². The number of carboxylic acid groups (broad SMARTS) is 1. The first kappa shape index (κ1) is 20.8. The van der Waals surface area contributed by atoms with E-state index in [2.05, 4.69) is 0 Å². The van der Waals surface area contributed by atoms with Gasteiger partial charge in [-0.2, -0.15) is 4.73 Å². The van der Waals surface area contributed by atoms with Gasteiger partial charge in [0.05, 0.1) is 20.4 Å². The normalized spacial score (nSPS) is 10.3. The zero-order valence-corrected chi connectivity index (χ0v) is 16.5. The van der Waals surface area contributed by atoms with Crippen molar-refractivity contribution < 1.29 is 28.9 Å². The van der Waals surface area contributed by atoms with Crippen LogP contribution in [-0.4, -0.2) is 30.0 Å². The van der Waals surface area contributed by atoms with Crippen molar-refractivity contribution in [3.8, 4) is 17.2 Å². The van der Waals surface area contributed by atoms with Gasteiger partial charge in [-0.3, -0.25) is 4.79 Å². The third-order valence-electron chi connectivity index (χ3n) is 4.28. The topological polar surface area (TPSA) is 96.2 Å². The molecule has 0 spiro atoms. The van der Waals surface area contributed by atoms with Gasteiger partial charge in [-0.25, -0.2) is 4.79 Å². The van der Waals surface area contributed by atoms with Gasteiger partial charge in [0.15, 0.2) is 11.4 Å². The first-order valence-electron chi connectivity index (χ1n) is 9.02. The lowest BCUT2D eigenvalue weighted by Crippen LogP contribution is -2.23. The molecule has 0 unspecified atom stereocenters. The number of aromatic carboxylic acids is 1. The molecule has 1 aromatic heterocycles. The molecule has 1 heterocycles. The Morgan fingerprint density at radius 3 is 1.93 bits per heavy atom. The van der Waals surface area contributed by atoms with Crippen molar-refractivity contribution in [2.24, 2.45) is 0 Å². The second-order valence-corrected chi connectivity index (χ2v) is 6.28. The van der Waals surface area contributed by atoms with Crippen LogP contribution in [0.4, 0.5) is 0 Å². The van der Waals surface area contributed by atoms with Crippen LogP contribution in [0.25, 0.3) is 0 Å². The molecule has 0 saturated heterocycles. The average Bonchev–Trinajstić information content (AvgIpc) is 2.77. The fourth-order valence-electron chi connectivity index (χ4n) is 2.62. The predicted octanol–water partition coefficient (Wildman–Crippen LogP) is 2.77. The SMILES string of the molecule is COc1ccc(COc2cn(OCc3ccc(OC)cc3)c(C(=O)O)cc2=O)cc1. The molecule has 0 atom stereocenters. The lowest BCUT2D eigenvalue weighted by atomic mass is 10.2. The van der Waals surface area contributed by atoms with Crippen LogP contribution < -0.4 is 24.5 Å². The lowest BCUT2D eigenvalue weighted by Gasteiger charge is -2.14. The molecule has 1 N–H and O–H groups in total. The summed E-state index contributed by atoms with van der Waals surface area (Å²) >= 11 is 0. The van der Waals surface area contributed by atoms with E-state index in [-0.39, 0.29) is 24.7 Å². The van der Waals surface area contributed by atoms with Crippen molar-refractivity contribution in [2.75, 3.05) is 14.2 Å². The predicted molar refractivity (Wildman–Crippen MR) is 108 cm³/mol. The minimum atomic E-state index is -1.29. The van der Waals surface area contributed by atoms with Gasteiger partial charge in [-0.05, 0) is 35.4 Å². The van der Waals surface area contributed by atoms with E-state index < -0.39 is 11.4 Å². The van der Waals surface area contributed by atoms with E-state index in [1.165, 1.54) is 6.20 Å². The molecule has 0 saturated carbocycles. The van der Waals surface area contributed by atoms with Gasteiger partial charge in [0.1, 0.15) is 24.7 Å². The van der Waals surface area contributed by atoms with E-state index in [0.29, 0.717) is 11.5 Å². The molecule has 8 heteroatoms. The molecular weight excluding hydrogens is 390 g/mol. The summed E-state index contributed by atoms with van der Waals surface area (Å²) in [7, 11) is 3.14. The first-order valence-corrected chi connectivity index (χ1v) is 9.02. The zero-order chi connectivity index (χ0) is 21.5. The summed E-state index contributed by atoms with van der Waals surface area (Å²) in [4.78, 5) is 29.4. The largest absolute Gasteiger partial charge is 0.497 e. The quantitative estimate of drug-likeness (QED) is 0.578. The number of methoxy groups -OCH3 is 2. The van der Waals surface area contributed by atoms with Crippen LogP contribution in [0.1, 0.15) is 21.6 Å². The summed E-state index contributed by atoms with van der Waals surface area (Å²) in [5.41, 5.74) is 0.769. The molecule has 3 aromatic rings. The molecule has 0 aliphatic heterocycles. The second-order valence-electron chi connectivity index (χ2n) is 6.28. The van der Waals surface area contributed by atoms with Crippen molar-refractivity contribution in [3.63, 3.8) is 0 Å². The minimum absolute atomic E-state index is 0.0226. The number of hydrogen-bond acceptors (Lipinski definition) is 6. The number of hydrogen-bond donors (Lipinski definition) is 1. The van der Waals surface area contributed by atoms with Gasteiger partial charge in [0.25, 0.3) is 0 Å². The Kier molecular flexibility index (Phi) is 6.59. The second kappa shape index (κ2) is 9.51. The summed E-state index contributed by atoms with van der Waals surface area (Å²) in [6.45, 7) is 0.217. The zero-order valence-electron chi connectivity index (χ0n) is 16.5. The monoisotopic (exact) mass is 411 g/mol. The third kappa shape index (κ3) is 5.11. The number of carbonyl (C=O) groups is 1. The Labute approximate surface area is 172 Å². The Hall–Kier alpha value is -3.94. The highest BCUT2D eigenvalue weighted by atomic mass is 16.7. The van der Waals surface area contributed by atoms with Crippen molar-refractivity contribution in [2.45, 2.75) is 13.2 Å². The van der Waals surface area contributed by atoms with Crippen LogP contribution in [0.5, 0.6) is 17.2 Å². The number of rotatable bonds is 9. The molecule has 0 fully saturated rings. The van der Waals surface area contributed by atoms with Crippen LogP contribution in [0.3, 0.4) is 0 Å². The highest BCUT2D eigenvalue weighted by Gasteiger charge is 2.15. The smallest absolute Gasteiger partial charge is 0.356 e. The molecule has 0 aliphatic rings. The molecule has 2 aromatic carbocycles. The fraction of sp³-hybridized carbons (Fsp3) is 0.182. The lowest BCUT2D eigenvalue weighted by molar-refractivity contribution is 0.0550. The Morgan fingerprint density at radius 2 is 1.43 bits per heavy atom. The standard InChI is InChI=1S/C22H21NO7/c1-27-17-7-3-15(4-8-17)13-29-21-12-23(19(22(25)26)11-20(21)24)30-14-16-5-9-18(28-2)10-6-16/h3-12H,13-14H2,1-2H3,(H,25,26). The maximum Gasteiger partial charge on any atom is 0.356 e. The Morgan fingerprint density at radius 1 is 0.900 bits per heavy atom. The highest BCUT2D eigenvalue weighted by molar-refractivity contribution is 5.85. The van der Waals surface area contributed by atoms with Crippen molar-refractivity contribution >= 4 is 5.97 Å². The molecule has 0 radical (unpaired) electrons. The maximum atomic E-state index is 12.3. The van der Waals surface area contributed by atoms with Crippen LogP contribution in [0, 0.1) is 0 Å². The molecule has 3 rings (SSSR count). The van der Waals surface area contributed by atoms with Crippen LogP contribution >= 0.6 is 0 Å². The number of aromatic nitrogens is 1. The summed E-state index contributed by atoms with van der Waals surface area (Å²) in [5, 5.41) is 9.39. The first-order chi connectivity index (χ1) is 14.5.